The van der Waals surface area contributed by atoms with E-state index in [4.69, 9.17) is 0 Å². The number of hydrogen-bond acceptors (Lipinski definition) is 3. The highest BCUT2D eigenvalue weighted by Crippen LogP contribution is 2.25. The van der Waals surface area contributed by atoms with Gasteiger partial charge in [0.25, 0.3) is 5.69 Å². The van der Waals surface area contributed by atoms with Gasteiger partial charge in [-0.15, -0.1) is 0 Å². The van der Waals surface area contributed by atoms with Gasteiger partial charge in [0.05, 0.1) is 4.92 Å². The molecule has 2 aromatic carbocycles. The minimum absolute atomic E-state index is 0.160. The molecule has 0 aliphatic heterocycles. The summed E-state index contributed by atoms with van der Waals surface area (Å²) in [6.07, 6.45) is 0. The second-order valence-corrected chi connectivity index (χ2v) is 5.57. The molecule has 0 amide bonds. The number of nitro groups is 1. The summed E-state index contributed by atoms with van der Waals surface area (Å²) in [5, 5.41) is 14.2. The Kier molecular flexibility index (Phi) is 4.39. The van der Waals surface area contributed by atoms with Crippen LogP contribution in [0.1, 0.15) is 16.7 Å². The van der Waals surface area contributed by atoms with Crippen molar-refractivity contribution in [1.29, 1.82) is 0 Å². The van der Waals surface area contributed by atoms with Gasteiger partial charge in [-0.3, -0.25) is 10.1 Å². The van der Waals surface area contributed by atoms with Crippen molar-refractivity contribution in [2.75, 3.05) is 5.32 Å². The van der Waals surface area contributed by atoms with Gasteiger partial charge in [-0.25, -0.2) is 0 Å². The molecule has 2 rings (SSSR count). The van der Waals surface area contributed by atoms with Crippen LogP contribution in [0.25, 0.3) is 0 Å². The fourth-order valence-corrected chi connectivity index (χ4v) is 2.32. The normalized spacial score (nSPS) is 10.3. The van der Waals surface area contributed by atoms with Gasteiger partial charge in [0.15, 0.2) is 0 Å². The van der Waals surface area contributed by atoms with Crippen molar-refractivity contribution >= 4 is 27.3 Å². The Bertz CT molecular complexity index is 656. The minimum atomic E-state index is -0.346. The number of hydrogen-bond donors (Lipinski definition) is 1. The second-order valence-electron chi connectivity index (χ2n) is 4.71. The standard InChI is InChI=1S/C15H15BrN2O2/c1-10-3-6-13(16)14(7-10)17-9-12-5-4-11(2)15(8-12)18(19)20/h3-8,17H,9H2,1-2H3. The van der Waals surface area contributed by atoms with Crippen LogP contribution >= 0.6 is 15.9 Å². The van der Waals surface area contributed by atoms with Crippen LogP contribution in [-0.2, 0) is 6.54 Å². The monoisotopic (exact) mass is 334 g/mol. The van der Waals surface area contributed by atoms with Gasteiger partial charge in [0.1, 0.15) is 0 Å². The molecule has 0 aromatic heterocycles. The van der Waals surface area contributed by atoms with E-state index in [0.29, 0.717) is 12.1 Å². The van der Waals surface area contributed by atoms with Crippen LogP contribution in [0, 0.1) is 24.0 Å². The molecule has 0 atom stereocenters. The maximum atomic E-state index is 10.9. The second kappa shape index (κ2) is 6.05. The zero-order valence-electron chi connectivity index (χ0n) is 11.3. The van der Waals surface area contributed by atoms with E-state index in [9.17, 15) is 10.1 Å². The third-order valence-corrected chi connectivity index (χ3v) is 3.77. The SMILES string of the molecule is Cc1ccc(Br)c(NCc2ccc(C)c([N+](=O)[O-])c2)c1. The van der Waals surface area contributed by atoms with Crippen LogP contribution in [0.3, 0.4) is 0 Å². The van der Waals surface area contributed by atoms with Crippen molar-refractivity contribution in [3.05, 3.63) is 67.7 Å². The first-order valence-electron chi connectivity index (χ1n) is 6.21. The first-order chi connectivity index (χ1) is 9.47. The molecule has 0 bridgehead atoms. The molecule has 0 fully saturated rings. The van der Waals surface area contributed by atoms with E-state index in [1.165, 1.54) is 0 Å². The van der Waals surface area contributed by atoms with Crippen LogP contribution in [-0.4, -0.2) is 4.92 Å². The van der Waals surface area contributed by atoms with E-state index < -0.39 is 0 Å². The van der Waals surface area contributed by atoms with Crippen LogP contribution in [0.5, 0.6) is 0 Å². The highest BCUT2D eigenvalue weighted by molar-refractivity contribution is 9.10. The fraction of sp³-hybridized carbons (Fsp3) is 0.200. The van der Waals surface area contributed by atoms with E-state index in [1.54, 1.807) is 19.1 Å². The van der Waals surface area contributed by atoms with Gasteiger partial charge in [0.2, 0.25) is 0 Å². The molecular weight excluding hydrogens is 320 g/mol. The lowest BCUT2D eigenvalue weighted by Gasteiger charge is -2.10. The molecule has 0 radical (unpaired) electrons. The van der Waals surface area contributed by atoms with Crippen molar-refractivity contribution in [2.24, 2.45) is 0 Å². The molecule has 0 spiro atoms. The van der Waals surface area contributed by atoms with Gasteiger partial charge in [-0.05, 0) is 53.0 Å². The molecule has 0 aliphatic rings. The Morgan fingerprint density at radius 2 is 1.95 bits per heavy atom. The van der Waals surface area contributed by atoms with E-state index in [-0.39, 0.29) is 10.6 Å². The zero-order chi connectivity index (χ0) is 14.7. The lowest BCUT2D eigenvalue weighted by molar-refractivity contribution is -0.385. The maximum absolute atomic E-state index is 10.9. The minimum Gasteiger partial charge on any atom is -0.380 e. The number of rotatable bonds is 4. The van der Waals surface area contributed by atoms with Crippen molar-refractivity contribution in [3.63, 3.8) is 0 Å². The highest BCUT2D eigenvalue weighted by atomic mass is 79.9. The third kappa shape index (κ3) is 3.36. The van der Waals surface area contributed by atoms with Crippen molar-refractivity contribution in [3.8, 4) is 0 Å². The van der Waals surface area contributed by atoms with Crippen LogP contribution in [0.2, 0.25) is 0 Å². The number of anilines is 1. The molecular formula is C15H15BrN2O2. The summed E-state index contributed by atoms with van der Waals surface area (Å²) in [5.41, 5.74) is 3.86. The van der Waals surface area contributed by atoms with Gasteiger partial charge in [-0.2, -0.15) is 0 Å². The number of halogens is 1. The van der Waals surface area contributed by atoms with E-state index in [2.05, 4.69) is 21.2 Å². The summed E-state index contributed by atoms with van der Waals surface area (Å²) in [6.45, 7) is 4.31. The van der Waals surface area contributed by atoms with Crippen LogP contribution in [0.4, 0.5) is 11.4 Å². The predicted molar refractivity (Wildman–Crippen MR) is 84.0 cm³/mol. The van der Waals surface area contributed by atoms with Gasteiger partial charge < -0.3 is 5.32 Å². The first kappa shape index (κ1) is 14.5. The molecule has 0 heterocycles. The number of aryl methyl sites for hydroxylation is 2. The number of nitrogens with zero attached hydrogens (tertiary/aromatic N) is 1. The average molecular weight is 335 g/mol. The summed E-state index contributed by atoms with van der Waals surface area (Å²) in [5.74, 6) is 0. The molecule has 1 N–H and O–H groups in total. The Morgan fingerprint density at radius 3 is 2.65 bits per heavy atom. The number of nitro benzene ring substituents is 1. The molecule has 4 nitrogen and oxygen atoms in total. The van der Waals surface area contributed by atoms with Gasteiger partial charge in [-0.1, -0.05) is 18.2 Å². The predicted octanol–water partition coefficient (Wildman–Crippen LogP) is 4.59. The number of nitrogens with one attached hydrogen (secondary N) is 1. The van der Waals surface area contributed by atoms with E-state index >= 15 is 0 Å². The molecule has 0 saturated heterocycles. The maximum Gasteiger partial charge on any atom is 0.272 e. The van der Waals surface area contributed by atoms with E-state index in [1.807, 2.05) is 31.2 Å². The lowest BCUT2D eigenvalue weighted by Crippen LogP contribution is -2.02. The fourth-order valence-electron chi connectivity index (χ4n) is 1.93. The summed E-state index contributed by atoms with van der Waals surface area (Å²) < 4.78 is 0.977. The Morgan fingerprint density at radius 1 is 1.20 bits per heavy atom. The summed E-state index contributed by atoms with van der Waals surface area (Å²) in [4.78, 5) is 10.6. The van der Waals surface area contributed by atoms with Crippen molar-refractivity contribution in [1.82, 2.24) is 0 Å². The largest absolute Gasteiger partial charge is 0.380 e. The van der Waals surface area contributed by atoms with E-state index in [0.717, 1.165) is 21.3 Å². The molecule has 0 aliphatic carbocycles. The molecule has 0 unspecified atom stereocenters. The smallest absolute Gasteiger partial charge is 0.272 e. The molecule has 104 valence electrons. The van der Waals surface area contributed by atoms with Gasteiger partial charge >= 0.3 is 0 Å². The Labute approximate surface area is 126 Å². The quantitative estimate of drug-likeness (QED) is 0.657. The Hall–Kier alpha value is -1.88. The van der Waals surface area contributed by atoms with Crippen molar-refractivity contribution in [2.45, 2.75) is 20.4 Å². The topological polar surface area (TPSA) is 55.2 Å². The highest BCUT2D eigenvalue weighted by Gasteiger charge is 2.11. The average Bonchev–Trinajstić information content (AvgIpc) is 2.41. The summed E-state index contributed by atoms with van der Waals surface area (Å²) >= 11 is 3.48. The zero-order valence-corrected chi connectivity index (χ0v) is 12.9. The lowest BCUT2D eigenvalue weighted by atomic mass is 10.1. The van der Waals surface area contributed by atoms with Crippen LogP contribution in [0.15, 0.2) is 40.9 Å². The molecule has 5 heteroatoms. The molecule has 0 saturated carbocycles. The molecule has 2 aromatic rings. The van der Waals surface area contributed by atoms with Crippen LogP contribution < -0.4 is 5.32 Å². The Balaban J connectivity index is 2.17. The number of benzene rings is 2. The third-order valence-electron chi connectivity index (χ3n) is 3.08. The molecule has 20 heavy (non-hydrogen) atoms. The van der Waals surface area contributed by atoms with Crippen molar-refractivity contribution < 1.29 is 4.92 Å². The van der Waals surface area contributed by atoms with Gasteiger partial charge in [0, 0.05) is 28.3 Å². The first-order valence-corrected chi connectivity index (χ1v) is 7.00. The summed E-state index contributed by atoms with van der Waals surface area (Å²) in [7, 11) is 0. The summed E-state index contributed by atoms with van der Waals surface area (Å²) in [6, 6.07) is 11.3.